The van der Waals surface area contributed by atoms with Gasteiger partial charge in [-0.05, 0) is 31.2 Å². The molecule has 22 heavy (non-hydrogen) atoms. The maximum Gasteiger partial charge on any atom is 0.185 e. The zero-order chi connectivity index (χ0) is 15.6. The Labute approximate surface area is 135 Å². The number of ether oxygens (including phenoxy) is 1. The van der Waals surface area contributed by atoms with Gasteiger partial charge in [-0.25, -0.2) is 0 Å². The number of hydrogen-bond acceptors (Lipinski definition) is 3. The maximum atomic E-state index is 12.1. The Morgan fingerprint density at radius 1 is 1.00 bits per heavy atom. The summed E-state index contributed by atoms with van der Waals surface area (Å²) < 4.78 is 5.55. The van der Waals surface area contributed by atoms with Crippen LogP contribution in [0.3, 0.4) is 0 Å². The standard InChI is InChI=1S/C19H18O2S/c1-2-21-17(15-22-18-11-7-4-8-12-18)13-14-19(20)16-9-5-3-6-10-16/h3-15H,2H2,1H3/b14-13+,17-15-. The van der Waals surface area contributed by atoms with Gasteiger partial charge in [-0.3, -0.25) is 4.79 Å². The number of hydrogen-bond donors (Lipinski definition) is 0. The second-order valence-corrected chi connectivity index (χ2v) is 5.39. The van der Waals surface area contributed by atoms with Gasteiger partial charge in [0.15, 0.2) is 5.78 Å². The fraction of sp³-hybridized carbons (Fsp3) is 0.105. The fourth-order valence-electron chi connectivity index (χ4n) is 1.77. The Kier molecular flexibility index (Phi) is 6.52. The molecule has 0 heterocycles. The van der Waals surface area contributed by atoms with Gasteiger partial charge in [-0.2, -0.15) is 0 Å². The van der Waals surface area contributed by atoms with Gasteiger partial charge < -0.3 is 4.74 Å². The number of thioether (sulfide) groups is 1. The smallest absolute Gasteiger partial charge is 0.185 e. The molecule has 0 amide bonds. The van der Waals surface area contributed by atoms with Crippen molar-refractivity contribution in [2.45, 2.75) is 11.8 Å². The normalized spacial score (nSPS) is 11.6. The summed E-state index contributed by atoms with van der Waals surface area (Å²) in [5.74, 6) is 0.650. The Morgan fingerprint density at radius 3 is 2.27 bits per heavy atom. The van der Waals surface area contributed by atoms with Crippen molar-refractivity contribution in [3.63, 3.8) is 0 Å². The number of allylic oxidation sites excluding steroid dienone is 2. The summed E-state index contributed by atoms with van der Waals surface area (Å²) in [5.41, 5.74) is 0.672. The minimum absolute atomic E-state index is 0.0316. The van der Waals surface area contributed by atoms with Crippen LogP contribution in [0.1, 0.15) is 17.3 Å². The highest BCUT2D eigenvalue weighted by molar-refractivity contribution is 8.02. The molecule has 0 unspecified atom stereocenters. The van der Waals surface area contributed by atoms with Crippen LogP contribution < -0.4 is 0 Å². The molecule has 0 aliphatic rings. The lowest BCUT2D eigenvalue weighted by molar-refractivity contribution is 0.104. The zero-order valence-electron chi connectivity index (χ0n) is 12.4. The van der Waals surface area contributed by atoms with Gasteiger partial charge in [-0.15, -0.1) is 0 Å². The minimum Gasteiger partial charge on any atom is -0.493 e. The molecule has 3 heteroatoms. The first-order valence-corrected chi connectivity index (χ1v) is 7.99. The summed E-state index contributed by atoms with van der Waals surface area (Å²) in [4.78, 5) is 13.2. The van der Waals surface area contributed by atoms with E-state index >= 15 is 0 Å². The van der Waals surface area contributed by atoms with Gasteiger partial charge in [-0.1, -0.05) is 60.3 Å². The Morgan fingerprint density at radius 2 is 1.64 bits per heavy atom. The van der Waals surface area contributed by atoms with E-state index < -0.39 is 0 Å². The second-order valence-electron chi connectivity index (χ2n) is 4.45. The van der Waals surface area contributed by atoms with E-state index in [0.717, 1.165) is 4.90 Å². The molecule has 0 radical (unpaired) electrons. The summed E-state index contributed by atoms with van der Waals surface area (Å²) >= 11 is 1.57. The number of benzene rings is 2. The van der Waals surface area contributed by atoms with Crippen LogP contribution >= 0.6 is 11.8 Å². The van der Waals surface area contributed by atoms with Crippen molar-refractivity contribution in [1.29, 1.82) is 0 Å². The van der Waals surface area contributed by atoms with Crippen molar-refractivity contribution in [2.75, 3.05) is 6.61 Å². The molecular formula is C19H18O2S. The third-order valence-corrected chi connectivity index (χ3v) is 3.72. The van der Waals surface area contributed by atoms with Gasteiger partial charge in [0.25, 0.3) is 0 Å². The van der Waals surface area contributed by atoms with Crippen LogP contribution in [0.15, 0.2) is 88.9 Å². The third kappa shape index (κ3) is 5.26. The quantitative estimate of drug-likeness (QED) is 0.234. The first-order chi connectivity index (χ1) is 10.8. The molecule has 0 N–H and O–H groups in total. The molecule has 0 aliphatic carbocycles. The van der Waals surface area contributed by atoms with Crippen molar-refractivity contribution in [3.8, 4) is 0 Å². The first-order valence-electron chi connectivity index (χ1n) is 7.11. The number of rotatable bonds is 7. The summed E-state index contributed by atoms with van der Waals surface area (Å²) in [6.45, 7) is 2.49. The van der Waals surface area contributed by atoms with E-state index in [-0.39, 0.29) is 5.78 Å². The van der Waals surface area contributed by atoms with E-state index in [4.69, 9.17) is 4.74 Å². The SMILES string of the molecule is CCOC(=C\Sc1ccccc1)/C=C/C(=O)c1ccccc1. The molecule has 2 nitrogen and oxygen atoms in total. The molecule has 2 aromatic rings. The van der Waals surface area contributed by atoms with Gasteiger partial charge in [0, 0.05) is 15.9 Å². The molecule has 0 aliphatic heterocycles. The first kappa shape index (κ1) is 16.1. The Bertz CT molecular complexity index is 646. The van der Waals surface area contributed by atoms with E-state index in [9.17, 15) is 4.79 Å². The van der Waals surface area contributed by atoms with Gasteiger partial charge >= 0.3 is 0 Å². The van der Waals surface area contributed by atoms with Crippen molar-refractivity contribution < 1.29 is 9.53 Å². The largest absolute Gasteiger partial charge is 0.493 e. The molecule has 0 saturated heterocycles. The predicted molar refractivity (Wildman–Crippen MR) is 91.9 cm³/mol. The summed E-state index contributed by atoms with van der Waals surface area (Å²) in [6.07, 6.45) is 3.26. The highest BCUT2D eigenvalue weighted by Gasteiger charge is 2.01. The topological polar surface area (TPSA) is 26.3 Å². The Hall–Kier alpha value is -2.26. The summed E-state index contributed by atoms with van der Waals surface area (Å²) in [5, 5.41) is 1.91. The van der Waals surface area contributed by atoms with Crippen LogP contribution in [0.25, 0.3) is 0 Å². The molecule has 0 spiro atoms. The molecular weight excluding hydrogens is 292 g/mol. The van der Waals surface area contributed by atoms with E-state index in [2.05, 4.69) is 0 Å². The fourth-order valence-corrected chi connectivity index (χ4v) is 2.48. The molecule has 2 rings (SSSR count). The van der Waals surface area contributed by atoms with Crippen LogP contribution in [0, 0.1) is 0 Å². The van der Waals surface area contributed by atoms with E-state index in [0.29, 0.717) is 17.9 Å². The van der Waals surface area contributed by atoms with E-state index in [1.54, 1.807) is 36.0 Å². The molecule has 0 bridgehead atoms. The second kappa shape index (κ2) is 8.90. The lowest BCUT2D eigenvalue weighted by Crippen LogP contribution is -1.94. The zero-order valence-corrected chi connectivity index (χ0v) is 13.3. The predicted octanol–water partition coefficient (Wildman–Crippen LogP) is 5.10. The van der Waals surface area contributed by atoms with Crippen LogP contribution in [0.2, 0.25) is 0 Å². The van der Waals surface area contributed by atoms with Crippen molar-refractivity contribution in [2.24, 2.45) is 0 Å². The third-order valence-electron chi connectivity index (χ3n) is 2.82. The molecule has 2 aromatic carbocycles. The van der Waals surface area contributed by atoms with Gasteiger partial charge in [0.1, 0.15) is 5.76 Å². The van der Waals surface area contributed by atoms with Crippen LogP contribution in [-0.2, 0) is 4.74 Å². The number of carbonyl (C=O) groups is 1. The van der Waals surface area contributed by atoms with Crippen LogP contribution in [-0.4, -0.2) is 12.4 Å². The highest BCUT2D eigenvalue weighted by atomic mass is 32.2. The average molecular weight is 310 g/mol. The van der Waals surface area contributed by atoms with E-state index in [1.165, 1.54) is 0 Å². The minimum atomic E-state index is -0.0316. The summed E-state index contributed by atoms with van der Waals surface area (Å²) in [6, 6.07) is 19.2. The maximum absolute atomic E-state index is 12.1. The monoisotopic (exact) mass is 310 g/mol. The van der Waals surface area contributed by atoms with Gasteiger partial charge in [0.05, 0.1) is 6.61 Å². The average Bonchev–Trinajstić information content (AvgIpc) is 2.59. The Balaban J connectivity index is 2.04. The summed E-state index contributed by atoms with van der Waals surface area (Å²) in [7, 11) is 0. The van der Waals surface area contributed by atoms with Gasteiger partial charge in [0.2, 0.25) is 0 Å². The molecule has 0 atom stereocenters. The molecule has 112 valence electrons. The molecule has 0 fully saturated rings. The van der Waals surface area contributed by atoms with Crippen molar-refractivity contribution in [3.05, 3.63) is 89.5 Å². The highest BCUT2D eigenvalue weighted by Crippen LogP contribution is 2.21. The van der Waals surface area contributed by atoms with Crippen LogP contribution in [0.5, 0.6) is 0 Å². The van der Waals surface area contributed by atoms with Crippen LogP contribution in [0.4, 0.5) is 0 Å². The molecule has 0 saturated carbocycles. The molecule has 0 aromatic heterocycles. The lowest BCUT2D eigenvalue weighted by Gasteiger charge is -2.04. The number of ketones is 1. The van der Waals surface area contributed by atoms with Crippen molar-refractivity contribution in [1.82, 2.24) is 0 Å². The van der Waals surface area contributed by atoms with E-state index in [1.807, 2.05) is 60.9 Å². The van der Waals surface area contributed by atoms with Crippen molar-refractivity contribution >= 4 is 17.5 Å². The lowest BCUT2D eigenvalue weighted by atomic mass is 10.1. The number of carbonyl (C=O) groups excluding carboxylic acids is 1.